The van der Waals surface area contributed by atoms with Gasteiger partial charge in [-0.15, -0.1) is 0 Å². The second kappa shape index (κ2) is 4.07. The van der Waals surface area contributed by atoms with E-state index in [0.717, 1.165) is 0 Å². The molecule has 0 aliphatic heterocycles. The van der Waals surface area contributed by atoms with Crippen LogP contribution in [-0.2, 0) is 0 Å². The first kappa shape index (κ1) is 10.5. The van der Waals surface area contributed by atoms with E-state index in [9.17, 15) is 9.50 Å². The highest BCUT2D eigenvalue weighted by molar-refractivity contribution is 9.10. The van der Waals surface area contributed by atoms with Crippen molar-refractivity contribution < 1.29 is 14.2 Å². The monoisotopic (exact) mass is 248 g/mol. The predicted molar refractivity (Wildman–Crippen MR) is 51.3 cm³/mol. The van der Waals surface area contributed by atoms with E-state index >= 15 is 0 Å². The summed E-state index contributed by atoms with van der Waals surface area (Å²) >= 11 is 3.22. The van der Waals surface area contributed by atoms with E-state index in [2.05, 4.69) is 15.9 Å². The third-order valence-corrected chi connectivity index (χ3v) is 2.55. The van der Waals surface area contributed by atoms with Crippen molar-refractivity contribution in [2.24, 2.45) is 0 Å². The van der Waals surface area contributed by atoms with Crippen LogP contribution < -0.4 is 4.74 Å². The Balaban J connectivity index is 3.27. The van der Waals surface area contributed by atoms with Gasteiger partial charge in [0.25, 0.3) is 0 Å². The van der Waals surface area contributed by atoms with Crippen LogP contribution in [0.2, 0.25) is 0 Å². The molecular weight excluding hydrogens is 239 g/mol. The fourth-order valence-electron chi connectivity index (χ4n) is 1.04. The molecule has 0 saturated heterocycles. The zero-order chi connectivity index (χ0) is 10.0. The molecule has 0 saturated carbocycles. The summed E-state index contributed by atoms with van der Waals surface area (Å²) in [4.78, 5) is 0. The molecule has 1 N–H and O–H groups in total. The molecular formula is C9H10BrFO2. The van der Waals surface area contributed by atoms with E-state index < -0.39 is 11.9 Å². The summed E-state index contributed by atoms with van der Waals surface area (Å²) in [5.74, 6) is -0.0353. The fourth-order valence-corrected chi connectivity index (χ4v) is 1.76. The minimum atomic E-state index is -0.723. The van der Waals surface area contributed by atoms with Gasteiger partial charge in [-0.1, -0.05) is 0 Å². The molecule has 0 heterocycles. The molecule has 0 aliphatic rings. The number of aliphatic hydroxyl groups excluding tert-OH is 1. The quantitative estimate of drug-likeness (QED) is 0.873. The molecule has 72 valence electrons. The van der Waals surface area contributed by atoms with E-state index in [1.165, 1.54) is 19.2 Å². The van der Waals surface area contributed by atoms with Crippen LogP contribution in [-0.4, -0.2) is 12.2 Å². The lowest BCUT2D eigenvalue weighted by atomic mass is 10.1. The molecule has 0 bridgehead atoms. The smallest absolute Gasteiger partial charge is 0.136 e. The summed E-state index contributed by atoms with van der Waals surface area (Å²) in [6.45, 7) is 1.57. The molecule has 2 nitrogen and oxygen atoms in total. The van der Waals surface area contributed by atoms with E-state index in [1.54, 1.807) is 6.92 Å². The van der Waals surface area contributed by atoms with E-state index in [-0.39, 0.29) is 0 Å². The fraction of sp³-hybridized carbons (Fsp3) is 0.333. The van der Waals surface area contributed by atoms with Gasteiger partial charge in [0.15, 0.2) is 0 Å². The van der Waals surface area contributed by atoms with Gasteiger partial charge in [-0.05, 0) is 28.9 Å². The molecule has 4 heteroatoms. The van der Waals surface area contributed by atoms with Crippen molar-refractivity contribution in [3.05, 3.63) is 28.0 Å². The number of methoxy groups -OCH3 is 1. The number of halogens is 2. The Kier molecular flexibility index (Phi) is 3.27. The van der Waals surface area contributed by atoms with Crippen molar-refractivity contribution >= 4 is 15.9 Å². The third-order valence-electron chi connectivity index (χ3n) is 1.70. The molecule has 1 aromatic carbocycles. The summed E-state index contributed by atoms with van der Waals surface area (Å²) in [5.41, 5.74) is 0.483. The second-order valence-corrected chi connectivity index (χ2v) is 3.48. The van der Waals surface area contributed by atoms with Crippen LogP contribution in [0.5, 0.6) is 5.75 Å². The number of benzene rings is 1. The van der Waals surface area contributed by atoms with Crippen molar-refractivity contribution in [1.82, 2.24) is 0 Å². The normalized spacial score (nSPS) is 12.7. The topological polar surface area (TPSA) is 29.5 Å². The number of aliphatic hydroxyl groups is 1. The largest absolute Gasteiger partial charge is 0.495 e. The Morgan fingerprint density at radius 1 is 1.54 bits per heavy atom. The molecule has 0 radical (unpaired) electrons. The Hall–Kier alpha value is -0.610. The minimum absolute atomic E-state index is 0.385. The Labute approximate surface area is 84.5 Å². The van der Waals surface area contributed by atoms with Crippen molar-refractivity contribution in [1.29, 1.82) is 0 Å². The lowest BCUT2D eigenvalue weighted by molar-refractivity contribution is 0.197. The van der Waals surface area contributed by atoms with Crippen molar-refractivity contribution in [3.8, 4) is 5.75 Å². The number of rotatable bonds is 2. The van der Waals surface area contributed by atoms with Crippen LogP contribution in [0.3, 0.4) is 0 Å². The molecule has 0 aliphatic carbocycles. The van der Waals surface area contributed by atoms with Crippen molar-refractivity contribution in [3.63, 3.8) is 0 Å². The molecule has 13 heavy (non-hydrogen) atoms. The first-order valence-corrected chi connectivity index (χ1v) is 4.56. The maximum atomic E-state index is 12.9. The molecule has 1 unspecified atom stereocenters. The van der Waals surface area contributed by atoms with Gasteiger partial charge >= 0.3 is 0 Å². The van der Waals surface area contributed by atoms with Gasteiger partial charge in [0, 0.05) is 11.6 Å². The SMILES string of the molecule is COc1cc(F)cc(C(C)O)c1Br. The van der Waals surface area contributed by atoms with Gasteiger partial charge < -0.3 is 9.84 Å². The standard InChI is InChI=1S/C9H10BrFO2/c1-5(12)7-3-6(11)4-8(13-2)9(7)10/h3-5,12H,1-2H3. The van der Waals surface area contributed by atoms with Gasteiger partial charge in [0.2, 0.25) is 0 Å². The summed E-state index contributed by atoms with van der Waals surface area (Å²) in [7, 11) is 1.45. The summed E-state index contributed by atoms with van der Waals surface area (Å²) in [6, 6.07) is 2.53. The van der Waals surface area contributed by atoms with Crippen LogP contribution in [0.1, 0.15) is 18.6 Å². The summed E-state index contributed by atoms with van der Waals surface area (Å²) in [6.07, 6.45) is -0.723. The Bertz CT molecular complexity index is 313. The molecule has 0 amide bonds. The van der Waals surface area contributed by atoms with Gasteiger partial charge in [-0.2, -0.15) is 0 Å². The zero-order valence-electron chi connectivity index (χ0n) is 7.34. The predicted octanol–water partition coefficient (Wildman–Crippen LogP) is 2.65. The van der Waals surface area contributed by atoms with Gasteiger partial charge in [-0.25, -0.2) is 4.39 Å². The molecule has 0 aromatic heterocycles. The lowest BCUT2D eigenvalue weighted by Gasteiger charge is -2.11. The highest BCUT2D eigenvalue weighted by Crippen LogP contribution is 2.33. The summed E-state index contributed by atoms with van der Waals surface area (Å²) < 4.78 is 18.5. The molecule has 1 rings (SSSR count). The van der Waals surface area contributed by atoms with Crippen LogP contribution in [0.25, 0.3) is 0 Å². The zero-order valence-corrected chi connectivity index (χ0v) is 8.93. The average molecular weight is 249 g/mol. The van der Waals surface area contributed by atoms with Crippen LogP contribution in [0.15, 0.2) is 16.6 Å². The van der Waals surface area contributed by atoms with Gasteiger partial charge in [-0.3, -0.25) is 0 Å². The molecule has 1 atom stereocenters. The van der Waals surface area contributed by atoms with E-state index in [4.69, 9.17) is 4.74 Å². The van der Waals surface area contributed by atoms with Crippen molar-refractivity contribution in [2.75, 3.05) is 7.11 Å². The molecule has 0 spiro atoms. The Morgan fingerprint density at radius 2 is 2.15 bits per heavy atom. The first-order chi connectivity index (χ1) is 6.06. The number of hydrogen-bond acceptors (Lipinski definition) is 2. The highest BCUT2D eigenvalue weighted by atomic mass is 79.9. The first-order valence-electron chi connectivity index (χ1n) is 3.77. The van der Waals surface area contributed by atoms with Gasteiger partial charge in [0.1, 0.15) is 11.6 Å². The lowest BCUT2D eigenvalue weighted by Crippen LogP contribution is -1.96. The van der Waals surface area contributed by atoms with Crippen LogP contribution in [0, 0.1) is 5.82 Å². The van der Waals surface area contributed by atoms with E-state index in [0.29, 0.717) is 15.8 Å². The Morgan fingerprint density at radius 3 is 2.62 bits per heavy atom. The molecule has 1 aromatic rings. The summed E-state index contributed by atoms with van der Waals surface area (Å²) in [5, 5.41) is 9.30. The van der Waals surface area contributed by atoms with Crippen LogP contribution in [0.4, 0.5) is 4.39 Å². The third kappa shape index (κ3) is 2.19. The number of hydrogen-bond donors (Lipinski definition) is 1. The van der Waals surface area contributed by atoms with Gasteiger partial charge in [0.05, 0.1) is 17.7 Å². The second-order valence-electron chi connectivity index (χ2n) is 2.69. The average Bonchev–Trinajstić information content (AvgIpc) is 2.08. The molecule has 0 fully saturated rings. The maximum Gasteiger partial charge on any atom is 0.136 e. The van der Waals surface area contributed by atoms with Crippen molar-refractivity contribution in [2.45, 2.75) is 13.0 Å². The number of ether oxygens (including phenoxy) is 1. The van der Waals surface area contributed by atoms with E-state index in [1.807, 2.05) is 0 Å². The highest BCUT2D eigenvalue weighted by Gasteiger charge is 2.12. The maximum absolute atomic E-state index is 12.9. The minimum Gasteiger partial charge on any atom is -0.495 e. The van der Waals surface area contributed by atoms with Crippen LogP contribution >= 0.6 is 15.9 Å².